The fourth-order valence-electron chi connectivity index (χ4n) is 4.03. The second-order valence-corrected chi connectivity index (χ2v) is 9.74. The van der Waals surface area contributed by atoms with Crippen molar-refractivity contribution in [3.63, 3.8) is 0 Å². The lowest BCUT2D eigenvalue weighted by Crippen LogP contribution is -2.05. The SMILES string of the molecule is CCCCC(=O)O.CCCCCCCCCCCCCC(O)CCCCCCCCCC. The van der Waals surface area contributed by atoms with E-state index >= 15 is 0 Å². The number of aliphatic hydroxyl groups excluding tert-OH is 1. The van der Waals surface area contributed by atoms with Crippen LogP contribution in [-0.4, -0.2) is 22.3 Å². The molecule has 2 N–H and O–H groups in total. The van der Waals surface area contributed by atoms with Crippen molar-refractivity contribution >= 4 is 5.97 Å². The molecule has 0 saturated heterocycles. The van der Waals surface area contributed by atoms with Crippen molar-refractivity contribution in [1.29, 1.82) is 0 Å². The molecular weight excluding hydrogens is 396 g/mol. The lowest BCUT2D eigenvalue weighted by Gasteiger charge is -2.10. The van der Waals surface area contributed by atoms with Gasteiger partial charge in [-0.25, -0.2) is 0 Å². The largest absolute Gasteiger partial charge is 0.481 e. The predicted molar refractivity (Wildman–Crippen MR) is 141 cm³/mol. The quantitative estimate of drug-likeness (QED) is 0.142. The number of carboxylic acid groups (broad SMARTS) is 1. The van der Waals surface area contributed by atoms with Crippen molar-refractivity contribution in [2.75, 3.05) is 0 Å². The first-order chi connectivity index (χ1) is 15.6. The number of hydrogen-bond donors (Lipinski definition) is 2. The Hall–Kier alpha value is -0.570. The second kappa shape index (κ2) is 30.4. The normalized spacial score (nSPS) is 11.8. The van der Waals surface area contributed by atoms with Crippen LogP contribution < -0.4 is 0 Å². The molecule has 0 aliphatic heterocycles. The van der Waals surface area contributed by atoms with Gasteiger partial charge in [0.15, 0.2) is 0 Å². The van der Waals surface area contributed by atoms with Crippen molar-refractivity contribution in [3.8, 4) is 0 Å². The fraction of sp³-hybridized carbons (Fsp3) is 0.966. The van der Waals surface area contributed by atoms with Gasteiger partial charge < -0.3 is 10.2 Å². The minimum atomic E-state index is -0.693. The molecule has 0 aromatic heterocycles. The van der Waals surface area contributed by atoms with Gasteiger partial charge in [0.1, 0.15) is 0 Å². The summed E-state index contributed by atoms with van der Waals surface area (Å²) in [4.78, 5) is 9.76. The molecule has 1 atom stereocenters. The van der Waals surface area contributed by atoms with E-state index in [1.54, 1.807) is 0 Å². The second-order valence-electron chi connectivity index (χ2n) is 9.74. The Labute approximate surface area is 202 Å². The highest BCUT2D eigenvalue weighted by atomic mass is 16.4. The average molecular weight is 457 g/mol. The molecule has 0 aromatic rings. The van der Waals surface area contributed by atoms with Gasteiger partial charge in [-0.05, 0) is 19.3 Å². The maximum atomic E-state index is 10.1. The summed E-state index contributed by atoms with van der Waals surface area (Å²) in [5, 5.41) is 18.1. The third-order valence-corrected chi connectivity index (χ3v) is 6.28. The number of unbranched alkanes of at least 4 members (excludes halogenated alkanes) is 18. The third-order valence-electron chi connectivity index (χ3n) is 6.28. The molecule has 0 radical (unpaired) electrons. The highest BCUT2D eigenvalue weighted by Gasteiger charge is 2.03. The predicted octanol–water partition coefficient (Wildman–Crippen LogP) is 9.84. The first-order valence-corrected chi connectivity index (χ1v) is 14.5. The van der Waals surface area contributed by atoms with E-state index in [4.69, 9.17) is 5.11 Å². The zero-order valence-electron chi connectivity index (χ0n) is 22.4. The van der Waals surface area contributed by atoms with E-state index in [-0.39, 0.29) is 6.10 Å². The summed E-state index contributed by atoms with van der Waals surface area (Å²) in [6.45, 7) is 6.53. The van der Waals surface area contributed by atoms with Gasteiger partial charge in [0.05, 0.1) is 6.10 Å². The number of rotatable bonds is 24. The van der Waals surface area contributed by atoms with Crippen LogP contribution in [0.15, 0.2) is 0 Å². The molecule has 3 nitrogen and oxygen atoms in total. The summed E-state index contributed by atoms with van der Waals surface area (Å²) in [5.74, 6) is -0.693. The molecule has 1 unspecified atom stereocenters. The third kappa shape index (κ3) is 34.1. The van der Waals surface area contributed by atoms with Crippen molar-refractivity contribution in [2.24, 2.45) is 0 Å². The molecule has 0 fully saturated rings. The summed E-state index contributed by atoms with van der Waals surface area (Å²) in [6, 6.07) is 0. The molecule has 0 aromatic carbocycles. The first kappa shape index (κ1) is 33.6. The van der Waals surface area contributed by atoms with Crippen LogP contribution in [0, 0.1) is 0 Å². The number of aliphatic hydroxyl groups is 1. The zero-order chi connectivity index (χ0) is 24.1. The molecule has 0 spiro atoms. The van der Waals surface area contributed by atoms with Crippen molar-refractivity contribution in [2.45, 2.75) is 181 Å². The minimum Gasteiger partial charge on any atom is -0.481 e. The van der Waals surface area contributed by atoms with Crippen LogP contribution in [0.25, 0.3) is 0 Å². The van der Waals surface area contributed by atoms with E-state index in [1.807, 2.05) is 6.92 Å². The topological polar surface area (TPSA) is 57.5 Å². The Morgan fingerprint density at radius 3 is 1.03 bits per heavy atom. The van der Waals surface area contributed by atoms with Crippen LogP contribution >= 0.6 is 0 Å². The molecule has 0 rings (SSSR count). The van der Waals surface area contributed by atoms with Crippen molar-refractivity contribution in [3.05, 3.63) is 0 Å². The molecule has 0 amide bonds. The lowest BCUT2D eigenvalue weighted by atomic mass is 10.0. The minimum absolute atomic E-state index is 0.0290. The smallest absolute Gasteiger partial charge is 0.303 e. The van der Waals surface area contributed by atoms with E-state index in [1.165, 1.54) is 122 Å². The van der Waals surface area contributed by atoms with Crippen LogP contribution in [0.4, 0.5) is 0 Å². The van der Waals surface area contributed by atoms with Gasteiger partial charge in [0.25, 0.3) is 0 Å². The van der Waals surface area contributed by atoms with Gasteiger partial charge in [0, 0.05) is 6.42 Å². The highest BCUT2D eigenvalue weighted by Crippen LogP contribution is 2.15. The zero-order valence-corrected chi connectivity index (χ0v) is 22.4. The van der Waals surface area contributed by atoms with Gasteiger partial charge in [-0.3, -0.25) is 4.79 Å². The Balaban J connectivity index is 0. The Kier molecular flexibility index (Phi) is 32.0. The number of aliphatic carboxylic acids is 1. The molecular formula is C29H60O3. The molecule has 0 heterocycles. The summed E-state index contributed by atoms with van der Waals surface area (Å²) in [5.41, 5.74) is 0. The van der Waals surface area contributed by atoms with Gasteiger partial charge in [-0.15, -0.1) is 0 Å². The average Bonchev–Trinajstić information content (AvgIpc) is 2.78. The molecule has 0 saturated carbocycles. The standard InChI is InChI=1S/C24H50O.C5H10O2/c1-3-5-7-9-11-13-14-15-17-19-21-23-24(25)22-20-18-16-12-10-8-6-4-2;1-2-3-4-5(6)7/h24-25H,3-23H2,1-2H3;2-4H2,1H3,(H,6,7). The maximum absolute atomic E-state index is 10.1. The maximum Gasteiger partial charge on any atom is 0.303 e. The van der Waals surface area contributed by atoms with E-state index in [2.05, 4.69) is 13.8 Å². The number of carbonyl (C=O) groups is 1. The Morgan fingerprint density at radius 1 is 0.500 bits per heavy atom. The Bertz CT molecular complexity index is 343. The van der Waals surface area contributed by atoms with Gasteiger partial charge in [-0.1, -0.05) is 149 Å². The summed E-state index contributed by atoms with van der Waals surface area (Å²) >= 11 is 0. The summed E-state index contributed by atoms with van der Waals surface area (Å²) in [6.07, 6.45) is 30.3. The van der Waals surface area contributed by atoms with E-state index in [9.17, 15) is 9.90 Å². The molecule has 0 aliphatic rings. The van der Waals surface area contributed by atoms with Gasteiger partial charge in [-0.2, -0.15) is 0 Å². The van der Waals surface area contributed by atoms with Gasteiger partial charge in [0.2, 0.25) is 0 Å². The molecule has 0 bridgehead atoms. The number of carboxylic acids is 1. The van der Waals surface area contributed by atoms with E-state index < -0.39 is 5.97 Å². The summed E-state index contributed by atoms with van der Waals surface area (Å²) in [7, 11) is 0. The molecule has 0 aliphatic carbocycles. The lowest BCUT2D eigenvalue weighted by molar-refractivity contribution is -0.137. The number of hydrogen-bond acceptors (Lipinski definition) is 2. The highest BCUT2D eigenvalue weighted by molar-refractivity contribution is 5.66. The molecule has 194 valence electrons. The molecule has 3 heteroatoms. The molecule has 32 heavy (non-hydrogen) atoms. The van der Waals surface area contributed by atoms with Crippen LogP contribution in [-0.2, 0) is 4.79 Å². The van der Waals surface area contributed by atoms with E-state index in [0.717, 1.165) is 25.7 Å². The van der Waals surface area contributed by atoms with Crippen LogP contribution in [0.5, 0.6) is 0 Å². The van der Waals surface area contributed by atoms with E-state index in [0.29, 0.717) is 6.42 Å². The van der Waals surface area contributed by atoms with Crippen molar-refractivity contribution < 1.29 is 15.0 Å². The van der Waals surface area contributed by atoms with Crippen LogP contribution in [0.1, 0.15) is 175 Å². The monoisotopic (exact) mass is 456 g/mol. The van der Waals surface area contributed by atoms with Crippen molar-refractivity contribution in [1.82, 2.24) is 0 Å². The van der Waals surface area contributed by atoms with Gasteiger partial charge >= 0.3 is 5.97 Å². The fourth-order valence-corrected chi connectivity index (χ4v) is 4.03. The van der Waals surface area contributed by atoms with Crippen LogP contribution in [0.2, 0.25) is 0 Å². The first-order valence-electron chi connectivity index (χ1n) is 14.5. The summed E-state index contributed by atoms with van der Waals surface area (Å²) < 4.78 is 0. The Morgan fingerprint density at radius 2 is 0.781 bits per heavy atom. The van der Waals surface area contributed by atoms with Crippen LogP contribution in [0.3, 0.4) is 0 Å².